The van der Waals surface area contributed by atoms with Crippen molar-refractivity contribution in [2.75, 3.05) is 46.2 Å². The standard InChI is InChI=1S/C14H27NO10/c1-2-23-5-6-25-8-7-24-4-3-15-13(20)11(18)9(16)10(17)12(19)14(21)22/h9-12,16-19H,2-8H2,1H3,(H,15,20)(H,21,22)/t9-,10+,11+,12-/m1/s1. The highest BCUT2D eigenvalue weighted by atomic mass is 16.5. The van der Waals surface area contributed by atoms with Gasteiger partial charge in [0.15, 0.2) is 12.2 Å². The van der Waals surface area contributed by atoms with Crippen molar-refractivity contribution in [3.05, 3.63) is 0 Å². The van der Waals surface area contributed by atoms with Crippen LogP contribution in [0.3, 0.4) is 0 Å². The van der Waals surface area contributed by atoms with E-state index in [1.54, 1.807) is 0 Å². The van der Waals surface area contributed by atoms with Crippen LogP contribution >= 0.6 is 0 Å². The van der Waals surface area contributed by atoms with E-state index in [0.29, 0.717) is 26.4 Å². The van der Waals surface area contributed by atoms with Crippen LogP contribution in [0.5, 0.6) is 0 Å². The van der Waals surface area contributed by atoms with Crippen molar-refractivity contribution in [3.8, 4) is 0 Å². The van der Waals surface area contributed by atoms with Crippen molar-refractivity contribution in [3.63, 3.8) is 0 Å². The van der Waals surface area contributed by atoms with Crippen LogP contribution in [-0.4, -0.2) is 108 Å². The van der Waals surface area contributed by atoms with Gasteiger partial charge in [-0.05, 0) is 6.92 Å². The van der Waals surface area contributed by atoms with Gasteiger partial charge in [-0.3, -0.25) is 4.79 Å². The summed E-state index contributed by atoms with van der Waals surface area (Å²) in [6.07, 6.45) is -8.82. The third-order valence-corrected chi connectivity index (χ3v) is 3.01. The largest absolute Gasteiger partial charge is 0.479 e. The maximum absolute atomic E-state index is 11.6. The molecular formula is C14H27NO10. The van der Waals surface area contributed by atoms with Crippen molar-refractivity contribution in [1.82, 2.24) is 5.32 Å². The number of carboxylic acids is 1. The fourth-order valence-corrected chi connectivity index (χ4v) is 1.61. The summed E-state index contributed by atoms with van der Waals surface area (Å²) in [5.41, 5.74) is 0. The number of carbonyl (C=O) groups is 2. The number of aliphatic carboxylic acids is 1. The molecule has 148 valence electrons. The van der Waals surface area contributed by atoms with Crippen LogP contribution in [0.25, 0.3) is 0 Å². The number of aliphatic hydroxyl groups excluding tert-OH is 4. The van der Waals surface area contributed by atoms with Crippen molar-refractivity contribution in [1.29, 1.82) is 0 Å². The Morgan fingerprint density at radius 1 is 0.840 bits per heavy atom. The first-order valence-electron chi connectivity index (χ1n) is 7.78. The van der Waals surface area contributed by atoms with Crippen LogP contribution in [0.4, 0.5) is 0 Å². The molecule has 0 aliphatic heterocycles. The van der Waals surface area contributed by atoms with E-state index in [0.717, 1.165) is 0 Å². The topological polar surface area (TPSA) is 175 Å². The van der Waals surface area contributed by atoms with Gasteiger partial charge in [0, 0.05) is 13.2 Å². The van der Waals surface area contributed by atoms with Crippen LogP contribution in [0, 0.1) is 0 Å². The Morgan fingerprint density at radius 2 is 1.32 bits per heavy atom. The molecule has 6 N–H and O–H groups in total. The van der Waals surface area contributed by atoms with Crippen LogP contribution < -0.4 is 5.32 Å². The number of carboxylic acid groups (broad SMARTS) is 1. The molecule has 1 amide bonds. The Balaban J connectivity index is 3.82. The van der Waals surface area contributed by atoms with Crippen LogP contribution in [0.2, 0.25) is 0 Å². The van der Waals surface area contributed by atoms with Crippen LogP contribution in [0.15, 0.2) is 0 Å². The smallest absolute Gasteiger partial charge is 0.335 e. The molecule has 11 nitrogen and oxygen atoms in total. The Hall–Kier alpha value is -1.34. The quantitative estimate of drug-likeness (QED) is 0.160. The Labute approximate surface area is 145 Å². The predicted molar refractivity (Wildman–Crippen MR) is 82.8 cm³/mol. The monoisotopic (exact) mass is 369 g/mol. The second-order valence-electron chi connectivity index (χ2n) is 4.92. The molecule has 4 atom stereocenters. The zero-order valence-corrected chi connectivity index (χ0v) is 14.0. The average molecular weight is 369 g/mol. The maximum atomic E-state index is 11.6. The van der Waals surface area contributed by atoms with E-state index < -0.39 is 36.3 Å². The summed E-state index contributed by atoms with van der Waals surface area (Å²) in [4.78, 5) is 22.0. The lowest BCUT2D eigenvalue weighted by Gasteiger charge is -2.23. The fourth-order valence-electron chi connectivity index (χ4n) is 1.61. The predicted octanol–water partition coefficient (Wildman–Crippen LogP) is -3.30. The number of hydrogen-bond acceptors (Lipinski definition) is 9. The number of hydrogen-bond donors (Lipinski definition) is 6. The molecule has 0 aliphatic rings. The molecule has 0 aromatic heterocycles. The third-order valence-electron chi connectivity index (χ3n) is 3.01. The van der Waals surface area contributed by atoms with Crippen LogP contribution in [-0.2, 0) is 23.8 Å². The van der Waals surface area contributed by atoms with E-state index in [1.165, 1.54) is 0 Å². The lowest BCUT2D eigenvalue weighted by molar-refractivity contribution is -0.166. The molecule has 0 bridgehead atoms. The van der Waals surface area contributed by atoms with Gasteiger partial charge < -0.3 is 45.1 Å². The Bertz CT molecular complexity index is 381. The van der Waals surface area contributed by atoms with E-state index >= 15 is 0 Å². The van der Waals surface area contributed by atoms with E-state index in [9.17, 15) is 24.9 Å². The molecule has 0 fully saturated rings. The van der Waals surface area contributed by atoms with Crippen molar-refractivity contribution in [2.24, 2.45) is 0 Å². The van der Waals surface area contributed by atoms with E-state index in [-0.39, 0.29) is 19.8 Å². The van der Waals surface area contributed by atoms with Gasteiger partial charge in [-0.15, -0.1) is 0 Å². The normalized spacial score (nSPS) is 16.0. The molecular weight excluding hydrogens is 342 g/mol. The van der Waals surface area contributed by atoms with Gasteiger partial charge in [-0.2, -0.15) is 0 Å². The second-order valence-corrected chi connectivity index (χ2v) is 4.92. The van der Waals surface area contributed by atoms with Gasteiger partial charge in [0.25, 0.3) is 5.91 Å². The van der Waals surface area contributed by atoms with Gasteiger partial charge >= 0.3 is 5.97 Å². The van der Waals surface area contributed by atoms with Gasteiger partial charge in [0.2, 0.25) is 0 Å². The molecule has 0 saturated heterocycles. The summed E-state index contributed by atoms with van der Waals surface area (Å²) < 4.78 is 15.4. The SMILES string of the molecule is CCOCCOCCOCCNC(=O)[C@@H](O)[C@H](O)[C@H](O)[C@@H](O)C(=O)O. The van der Waals surface area contributed by atoms with Gasteiger partial charge in [0.05, 0.1) is 33.0 Å². The summed E-state index contributed by atoms with van der Waals surface area (Å²) in [5, 5.41) is 48.2. The first kappa shape index (κ1) is 23.7. The minimum Gasteiger partial charge on any atom is -0.479 e. The molecule has 0 unspecified atom stereocenters. The summed E-state index contributed by atoms with van der Waals surface area (Å²) in [7, 11) is 0. The molecule has 11 heteroatoms. The van der Waals surface area contributed by atoms with Crippen LogP contribution in [0.1, 0.15) is 6.92 Å². The fraction of sp³-hybridized carbons (Fsp3) is 0.857. The molecule has 0 rings (SSSR count). The van der Waals surface area contributed by atoms with Gasteiger partial charge in [-0.25, -0.2) is 4.79 Å². The highest BCUT2D eigenvalue weighted by molar-refractivity contribution is 5.81. The number of ether oxygens (including phenoxy) is 3. The highest BCUT2D eigenvalue weighted by Crippen LogP contribution is 2.05. The van der Waals surface area contributed by atoms with E-state index in [2.05, 4.69) is 5.32 Å². The van der Waals surface area contributed by atoms with E-state index in [4.69, 9.17) is 24.4 Å². The molecule has 0 heterocycles. The zero-order valence-electron chi connectivity index (χ0n) is 14.0. The van der Waals surface area contributed by atoms with Crippen molar-refractivity contribution < 1.29 is 49.3 Å². The number of aliphatic hydroxyl groups is 4. The third kappa shape index (κ3) is 10.3. The first-order chi connectivity index (χ1) is 11.8. The molecule has 0 radical (unpaired) electrons. The molecule has 0 aromatic rings. The lowest BCUT2D eigenvalue weighted by Crippen LogP contribution is -2.52. The maximum Gasteiger partial charge on any atom is 0.335 e. The Morgan fingerprint density at radius 3 is 1.84 bits per heavy atom. The second kappa shape index (κ2) is 13.9. The average Bonchev–Trinajstić information content (AvgIpc) is 2.60. The highest BCUT2D eigenvalue weighted by Gasteiger charge is 2.37. The first-order valence-corrected chi connectivity index (χ1v) is 7.78. The summed E-state index contributed by atoms with van der Waals surface area (Å²) in [6.45, 7) is 4.20. The summed E-state index contributed by atoms with van der Waals surface area (Å²) >= 11 is 0. The summed E-state index contributed by atoms with van der Waals surface area (Å²) in [6, 6.07) is 0. The number of amides is 1. The molecule has 0 aliphatic carbocycles. The molecule has 0 spiro atoms. The minimum absolute atomic E-state index is 0.0130. The van der Waals surface area contributed by atoms with Gasteiger partial charge in [0.1, 0.15) is 12.2 Å². The zero-order chi connectivity index (χ0) is 19.2. The molecule has 0 saturated carbocycles. The number of nitrogens with one attached hydrogen (secondary N) is 1. The molecule has 25 heavy (non-hydrogen) atoms. The lowest BCUT2D eigenvalue weighted by atomic mass is 10.0. The van der Waals surface area contributed by atoms with Gasteiger partial charge in [-0.1, -0.05) is 0 Å². The Kier molecular flexibility index (Phi) is 13.2. The van der Waals surface area contributed by atoms with E-state index in [1.807, 2.05) is 6.92 Å². The summed E-state index contributed by atoms with van der Waals surface area (Å²) in [5.74, 6) is -2.84. The van der Waals surface area contributed by atoms with Crippen molar-refractivity contribution in [2.45, 2.75) is 31.3 Å². The number of rotatable bonds is 15. The molecule has 0 aromatic carbocycles. The number of carbonyl (C=O) groups excluding carboxylic acids is 1. The minimum atomic E-state index is -2.33. The van der Waals surface area contributed by atoms with Crippen molar-refractivity contribution >= 4 is 11.9 Å².